The average molecular weight is 1880 g/mol. The number of hydrogen-bond donors (Lipinski definition) is 20. The van der Waals surface area contributed by atoms with Gasteiger partial charge in [-0.15, -0.1) is 0 Å². The number of halogens is 3. The molecule has 9 amide bonds. The van der Waals surface area contributed by atoms with Crippen molar-refractivity contribution in [3.8, 4) is 57.1 Å². The van der Waals surface area contributed by atoms with E-state index in [4.69, 9.17) is 78.5 Å². The van der Waals surface area contributed by atoms with E-state index in [0.29, 0.717) is 36.9 Å². The van der Waals surface area contributed by atoms with Crippen molar-refractivity contribution in [2.75, 3.05) is 65.0 Å². The molecule has 9 heterocycles. The second-order valence-electron chi connectivity index (χ2n) is 32.6. The van der Waals surface area contributed by atoms with Crippen LogP contribution in [0.1, 0.15) is 111 Å². The van der Waals surface area contributed by atoms with Crippen LogP contribution >= 0.6 is 34.8 Å². The molecule has 131 heavy (non-hydrogen) atoms. The summed E-state index contributed by atoms with van der Waals surface area (Å²) in [6.07, 6.45) is -15.4. The number of anilines is 1. The molecule has 3 saturated heterocycles. The molecule has 1 aromatic heterocycles. The molecule has 6 aromatic carbocycles. The van der Waals surface area contributed by atoms with Crippen LogP contribution in [0.5, 0.6) is 46.0 Å². The summed E-state index contributed by atoms with van der Waals surface area (Å²) in [5, 5.41) is 131. The predicted octanol–water partition coefficient (Wildman–Crippen LogP) is 1.59. The number of primary amides is 1. The summed E-state index contributed by atoms with van der Waals surface area (Å²) in [4.78, 5) is 159. The average Bonchev–Trinajstić information content (AvgIpc) is 0.763. The van der Waals surface area contributed by atoms with E-state index in [1.807, 2.05) is 18.7 Å². The minimum Gasteiger partial charge on any atom is -0.508 e. The van der Waals surface area contributed by atoms with Gasteiger partial charge in [0.05, 0.1) is 61.1 Å². The first kappa shape index (κ1) is 96.8. The lowest BCUT2D eigenvalue weighted by Gasteiger charge is -2.48. The number of nitrogens with zero attached hydrogens (tertiary/aromatic N) is 3. The first-order valence-electron chi connectivity index (χ1n) is 41.7. The quantitative estimate of drug-likeness (QED) is 0.0232. The van der Waals surface area contributed by atoms with Crippen molar-refractivity contribution >= 4 is 99.9 Å². The number of aromatic hydroxyl groups is 3. The van der Waals surface area contributed by atoms with Crippen molar-refractivity contribution in [2.24, 2.45) is 11.7 Å². The number of aromatic nitrogens is 2. The van der Waals surface area contributed by atoms with Gasteiger partial charge in [0.15, 0.2) is 23.9 Å². The number of carbonyl (C=O) groups excluding carboxylic acids is 9. The Morgan fingerprint density at radius 2 is 1.37 bits per heavy atom. The zero-order valence-electron chi connectivity index (χ0n) is 70.9. The fraction of sp³-hybridized carbons (Fsp3) is 0.414. The van der Waals surface area contributed by atoms with Gasteiger partial charge >= 0.3 is 5.69 Å². The number of ether oxygens (including phenoxy) is 7. The van der Waals surface area contributed by atoms with Crippen LogP contribution in [0.3, 0.4) is 0 Å². The third-order valence-corrected chi connectivity index (χ3v) is 23.7. The third-order valence-electron chi connectivity index (χ3n) is 22.8. The van der Waals surface area contributed by atoms with Crippen molar-refractivity contribution in [3.05, 3.63) is 180 Å². The number of benzene rings is 6. The lowest BCUT2D eigenvalue weighted by atomic mass is 9.85. The molecule has 18 unspecified atom stereocenters. The molecule has 41 nitrogen and oxygen atoms in total. The van der Waals surface area contributed by atoms with Crippen LogP contribution in [0.2, 0.25) is 15.1 Å². The third kappa shape index (κ3) is 22.9. The number of phenolic OH excluding ortho intramolecular Hbond substituents is 3. The highest BCUT2D eigenvalue weighted by Crippen LogP contribution is 2.50. The monoisotopic (exact) mass is 1880 g/mol. The summed E-state index contributed by atoms with van der Waals surface area (Å²) in [5.41, 5.74) is 3.96. The summed E-state index contributed by atoms with van der Waals surface area (Å²) in [6.45, 7) is 7.66. The van der Waals surface area contributed by atoms with Crippen molar-refractivity contribution in [1.29, 1.82) is 0 Å². The molecule has 44 heteroatoms. The number of nitrogens with two attached hydrogens (primary N) is 1. The lowest BCUT2D eigenvalue weighted by Crippen LogP contribution is -2.65. The van der Waals surface area contributed by atoms with Gasteiger partial charge in [-0.1, -0.05) is 79.0 Å². The minimum absolute atomic E-state index is 0.0353. The molecule has 21 N–H and O–H groups in total. The van der Waals surface area contributed by atoms with Crippen molar-refractivity contribution in [3.63, 3.8) is 0 Å². The molecule has 0 saturated carbocycles. The number of nitrogens with one attached hydrogen (secondary N) is 10. The smallest absolute Gasteiger partial charge is 0.349 e. The Morgan fingerprint density at radius 1 is 0.718 bits per heavy atom. The van der Waals surface area contributed by atoms with Crippen molar-refractivity contribution in [2.45, 2.75) is 163 Å². The largest absolute Gasteiger partial charge is 0.508 e. The van der Waals surface area contributed by atoms with Crippen molar-refractivity contribution < 1.29 is 127 Å². The van der Waals surface area contributed by atoms with Crippen LogP contribution in [0.4, 0.5) is 5.82 Å². The number of aliphatic hydroxyl groups is 6. The molecule has 8 aliphatic heterocycles. The number of morpholine rings is 1. The molecule has 11 bridgehead atoms. The predicted molar refractivity (Wildman–Crippen MR) is 464 cm³/mol. The van der Waals surface area contributed by atoms with Crippen LogP contribution in [0.15, 0.2) is 126 Å². The Kier molecular flexibility index (Phi) is 31.2. The first-order chi connectivity index (χ1) is 62.4. The number of aliphatic hydroxyl groups excluding tert-OH is 6. The summed E-state index contributed by atoms with van der Waals surface area (Å²) >= 11 is 20.4. The molecule has 700 valence electrons. The van der Waals surface area contributed by atoms with Gasteiger partial charge in [-0.25, -0.2) is 10.3 Å². The number of phenols is 3. The highest BCUT2D eigenvalue weighted by molar-refractivity contribution is 6.32. The molecular formula is C87H99Cl3N14O27. The molecule has 0 radical (unpaired) electrons. The van der Waals surface area contributed by atoms with E-state index in [2.05, 4.69) is 58.3 Å². The topological polar surface area (TPSA) is 594 Å². The van der Waals surface area contributed by atoms with Gasteiger partial charge in [0, 0.05) is 79.2 Å². The van der Waals surface area contributed by atoms with Gasteiger partial charge < -0.3 is 133 Å². The second-order valence-corrected chi connectivity index (χ2v) is 33.9. The molecular weight excluding hydrogens is 1780 g/mol. The van der Waals surface area contributed by atoms with Crippen molar-refractivity contribution in [1.82, 2.24) is 62.5 Å². The Labute approximate surface area is 762 Å². The summed E-state index contributed by atoms with van der Waals surface area (Å²) in [5.74, 6) is -16.1. The Morgan fingerprint density at radius 3 is 2.02 bits per heavy atom. The minimum atomic E-state index is -2.40. The SMILES string of the molecule is CNC(CC(C)C)C(=O)NC1C(=O)NC(CC(N)=O)C(=O)NC2C(=O)NC3C(=O)NC(C(=O)NC(C(=O)NOCCN4CCOCC4)c4cc(O)cc(O)c4-c4cc3ccc4O)C(O)c3ccc(c(Cl)c3)Oc3cc2cc(c3OC2OC(CO)C(O)C(O)C2OC2CC(C)(NCCn3ccc(NC(=O)C=Cc4ccc(Cl)cc4)nc3=O)C(O)C(C)O2)Oc2ccc(cc2Cl)C1O. The lowest BCUT2D eigenvalue weighted by molar-refractivity contribution is -0.334. The van der Waals surface area contributed by atoms with Gasteiger partial charge in [-0.3, -0.25) is 57.5 Å². The maximum absolute atomic E-state index is 16.4. The standard InChI is InChI=1S/C87H99Cl3N14O27/c1-39(2)28-52(92-5)78(116)100-69-71(111)43-10-15-56(50(89)30-43)127-58-32-45-33-59(75(58)131-85-76(74(114)73(113)60(38-105)129-85)130-64-37-87(4,77(115)40(3)126-64)93-19-21-104-20-18-62(96-86(104)123)95-63(110)17-8-41-6-12-46(88)13-7-41)128-57-16-11-44(31-51(57)90)72(112)70-83(121)99-68(84(122)102-125-27-24-103-22-25-124-26-23-103)49-34-47(106)35-55(108)65(49)48-29-42(9-14-54(48)107)66(80(118)101-70)98-81(119)67(45)97-79(117)53(36-61(91)109)94-82(69)120/h6-18,20,29-35,39-40,52-53,60,64,66-74,76-77,85,92-93,105-108,111-115H,19,21-28,36-38H2,1-5H3,(H2,91,109)(H,94,120)(H,97,117)(H,98,119)(H,99,121)(H,100,116)(H,101,118)(H,102,122)(H,95,96,110,123). The van der Waals surface area contributed by atoms with Gasteiger partial charge in [-0.2, -0.15) is 4.98 Å². The molecule has 18 atom stereocenters. The van der Waals surface area contributed by atoms with E-state index in [9.17, 15) is 69.9 Å². The molecule has 3 fully saturated rings. The van der Waals surface area contributed by atoms with E-state index in [0.717, 1.165) is 60.7 Å². The Bertz CT molecular complexity index is 5540. The number of hydrogen-bond acceptors (Lipinski definition) is 31. The zero-order chi connectivity index (χ0) is 94.1. The number of rotatable bonds is 24. The zero-order valence-corrected chi connectivity index (χ0v) is 73.2. The van der Waals surface area contributed by atoms with Crippen LogP contribution in [0.25, 0.3) is 17.2 Å². The van der Waals surface area contributed by atoms with Gasteiger partial charge in [-0.05, 0) is 145 Å². The molecule has 0 aliphatic carbocycles. The van der Waals surface area contributed by atoms with E-state index in [1.165, 1.54) is 61.2 Å². The first-order valence-corrected chi connectivity index (χ1v) is 42.8. The number of carbonyl (C=O) groups is 9. The van der Waals surface area contributed by atoms with Gasteiger partial charge in [0.25, 0.3) is 5.91 Å². The van der Waals surface area contributed by atoms with Crippen LogP contribution in [-0.4, -0.2) is 252 Å². The fourth-order valence-corrected chi connectivity index (χ4v) is 16.5. The maximum atomic E-state index is 16.4. The highest BCUT2D eigenvalue weighted by atomic mass is 35.5. The number of amides is 9. The molecule has 15 rings (SSSR count). The van der Waals surface area contributed by atoms with E-state index in [-0.39, 0.29) is 73.3 Å². The summed E-state index contributed by atoms with van der Waals surface area (Å²) in [6, 6.07) is 7.73. The molecule has 8 aliphatic rings. The van der Waals surface area contributed by atoms with E-state index >= 15 is 24.0 Å². The van der Waals surface area contributed by atoms with Crippen LogP contribution in [0, 0.1) is 5.92 Å². The summed E-state index contributed by atoms with van der Waals surface area (Å²) in [7, 11) is 1.47. The number of hydroxylamine groups is 1. The van der Waals surface area contributed by atoms with E-state index < -0.39 is 254 Å². The van der Waals surface area contributed by atoms with E-state index in [1.54, 1.807) is 31.2 Å². The van der Waals surface area contributed by atoms with Gasteiger partial charge in [0.2, 0.25) is 59.3 Å². The molecule has 7 aromatic rings. The van der Waals surface area contributed by atoms with Crippen LogP contribution in [-0.2, 0) is 73.5 Å². The normalized spacial score (nSPS) is 26.2. The van der Waals surface area contributed by atoms with Crippen LogP contribution < -0.4 is 79.0 Å². The summed E-state index contributed by atoms with van der Waals surface area (Å²) < 4.78 is 46.2. The second kappa shape index (κ2) is 42.2. The number of fused-ring (bicyclic) bond motifs is 15. The Balaban J connectivity index is 0.932. The highest BCUT2D eigenvalue weighted by Gasteiger charge is 2.52. The molecule has 0 spiro atoms. The maximum Gasteiger partial charge on any atom is 0.349 e. The van der Waals surface area contributed by atoms with Gasteiger partial charge in [0.1, 0.15) is 101 Å². The Hall–Kier alpha value is -11.7. The number of likely N-dealkylation sites (N-methyl/N-ethyl adjacent to an activating group) is 1. The fourth-order valence-electron chi connectivity index (χ4n) is 15.9.